The summed E-state index contributed by atoms with van der Waals surface area (Å²) in [6.07, 6.45) is 0. The first-order chi connectivity index (χ1) is 8.31. The van der Waals surface area contributed by atoms with Crippen LogP contribution in [0.1, 0.15) is 24.2 Å². The molecule has 0 saturated heterocycles. The van der Waals surface area contributed by atoms with Gasteiger partial charge in [-0.25, -0.2) is 0 Å². The van der Waals surface area contributed by atoms with Crippen LogP contribution >= 0.6 is 12.2 Å². The smallest absolute Gasteiger partial charge is 0.195 e. The van der Waals surface area contributed by atoms with E-state index in [1.807, 2.05) is 22.8 Å². The van der Waals surface area contributed by atoms with E-state index in [0.29, 0.717) is 11.4 Å². The molecular weight excluding hydrogens is 234 g/mol. The lowest BCUT2D eigenvalue weighted by Crippen LogP contribution is -2.11. The van der Waals surface area contributed by atoms with Crippen molar-refractivity contribution in [1.29, 1.82) is 0 Å². The summed E-state index contributed by atoms with van der Waals surface area (Å²) in [5, 5.41) is 7.19. The summed E-state index contributed by atoms with van der Waals surface area (Å²) in [5.41, 5.74) is 1.19. The van der Waals surface area contributed by atoms with Gasteiger partial charge in [-0.05, 0) is 25.2 Å². The standard InChI is InChI=1S/C12H13N3OS/c1-2-15-11(13-14-12(15)17)9-7-16-10-6-4-3-5-8(9)10/h3-6,9H,2,7H2,1H3,(H,14,17). The highest BCUT2D eigenvalue weighted by Crippen LogP contribution is 2.36. The highest BCUT2D eigenvalue weighted by atomic mass is 32.1. The molecule has 1 N–H and O–H groups in total. The molecule has 0 spiro atoms. The fourth-order valence-corrected chi connectivity index (χ4v) is 2.55. The number of nitrogens with one attached hydrogen (secondary N) is 1. The maximum atomic E-state index is 5.67. The zero-order valence-electron chi connectivity index (χ0n) is 9.51. The molecule has 0 bridgehead atoms. The minimum absolute atomic E-state index is 0.180. The second-order valence-electron chi connectivity index (χ2n) is 4.03. The molecule has 4 nitrogen and oxygen atoms in total. The predicted octanol–water partition coefficient (Wildman–Crippen LogP) is 2.48. The molecule has 3 rings (SSSR count). The summed E-state index contributed by atoms with van der Waals surface area (Å²) in [5.74, 6) is 2.09. The highest BCUT2D eigenvalue weighted by molar-refractivity contribution is 7.71. The van der Waals surface area contributed by atoms with Crippen molar-refractivity contribution < 1.29 is 4.74 Å². The van der Waals surface area contributed by atoms with Crippen LogP contribution in [0, 0.1) is 4.77 Å². The molecule has 5 heteroatoms. The third-order valence-electron chi connectivity index (χ3n) is 3.12. The van der Waals surface area contributed by atoms with Crippen LogP contribution < -0.4 is 4.74 Å². The SMILES string of the molecule is CCn1c(C2COc3ccccc32)n[nH]c1=S. The van der Waals surface area contributed by atoms with Gasteiger partial charge in [-0.2, -0.15) is 5.10 Å². The normalized spacial score (nSPS) is 17.8. The molecule has 0 aliphatic carbocycles. The number of aromatic amines is 1. The molecule has 2 heterocycles. The Balaban J connectivity index is 2.10. The first-order valence-electron chi connectivity index (χ1n) is 5.68. The summed E-state index contributed by atoms with van der Waals surface area (Å²) in [4.78, 5) is 0. The largest absolute Gasteiger partial charge is 0.492 e. The van der Waals surface area contributed by atoms with Gasteiger partial charge in [-0.1, -0.05) is 18.2 Å². The minimum atomic E-state index is 0.180. The number of aromatic nitrogens is 3. The van der Waals surface area contributed by atoms with Crippen molar-refractivity contribution in [1.82, 2.24) is 14.8 Å². The van der Waals surface area contributed by atoms with Gasteiger partial charge >= 0.3 is 0 Å². The maximum Gasteiger partial charge on any atom is 0.195 e. The van der Waals surface area contributed by atoms with Crippen LogP contribution in [0.4, 0.5) is 0 Å². The lowest BCUT2D eigenvalue weighted by atomic mass is 10.0. The Hall–Kier alpha value is -1.62. The van der Waals surface area contributed by atoms with E-state index in [9.17, 15) is 0 Å². The summed E-state index contributed by atoms with van der Waals surface area (Å²) >= 11 is 5.21. The average Bonchev–Trinajstić information content (AvgIpc) is 2.92. The third kappa shape index (κ3) is 1.58. The highest BCUT2D eigenvalue weighted by Gasteiger charge is 2.29. The number of ether oxygens (including phenoxy) is 1. The summed E-state index contributed by atoms with van der Waals surface area (Å²) in [6.45, 7) is 3.53. The van der Waals surface area contributed by atoms with Crippen LogP contribution in [-0.2, 0) is 6.54 Å². The fourth-order valence-electron chi connectivity index (χ4n) is 2.28. The molecule has 1 aliphatic heterocycles. The quantitative estimate of drug-likeness (QED) is 0.829. The van der Waals surface area contributed by atoms with Gasteiger partial charge in [0, 0.05) is 12.1 Å². The molecule has 1 unspecified atom stereocenters. The topological polar surface area (TPSA) is 42.8 Å². The number of H-pyrrole nitrogens is 1. The molecule has 0 fully saturated rings. The molecule has 0 saturated carbocycles. The number of nitrogens with zero attached hydrogens (tertiary/aromatic N) is 2. The van der Waals surface area contributed by atoms with Crippen molar-refractivity contribution in [3.63, 3.8) is 0 Å². The van der Waals surface area contributed by atoms with E-state index in [0.717, 1.165) is 18.1 Å². The predicted molar refractivity (Wildman–Crippen MR) is 66.9 cm³/mol. The number of rotatable bonds is 2. The molecular formula is C12H13N3OS. The molecule has 1 atom stereocenters. The van der Waals surface area contributed by atoms with Gasteiger partial charge in [0.05, 0.1) is 5.92 Å². The number of hydrogen-bond donors (Lipinski definition) is 1. The van der Waals surface area contributed by atoms with Gasteiger partial charge in [0.1, 0.15) is 18.2 Å². The Morgan fingerprint density at radius 1 is 1.53 bits per heavy atom. The molecule has 1 aromatic heterocycles. The van der Waals surface area contributed by atoms with Crippen molar-refractivity contribution in [3.8, 4) is 5.75 Å². The second kappa shape index (κ2) is 4.00. The van der Waals surface area contributed by atoms with E-state index in [1.54, 1.807) is 0 Å². The first-order valence-corrected chi connectivity index (χ1v) is 6.09. The molecule has 0 amide bonds. The fraction of sp³-hybridized carbons (Fsp3) is 0.333. The zero-order chi connectivity index (χ0) is 11.8. The van der Waals surface area contributed by atoms with Gasteiger partial charge in [-0.3, -0.25) is 5.10 Å². The van der Waals surface area contributed by atoms with E-state index in [2.05, 4.69) is 23.2 Å². The van der Waals surface area contributed by atoms with E-state index in [1.165, 1.54) is 5.56 Å². The Kier molecular flexibility index (Phi) is 2.48. The van der Waals surface area contributed by atoms with Gasteiger partial charge in [0.25, 0.3) is 0 Å². The minimum Gasteiger partial charge on any atom is -0.492 e. The van der Waals surface area contributed by atoms with Gasteiger partial charge in [0.2, 0.25) is 0 Å². The first kappa shape index (κ1) is 10.5. The number of benzene rings is 1. The van der Waals surface area contributed by atoms with Gasteiger partial charge in [-0.15, -0.1) is 0 Å². The van der Waals surface area contributed by atoms with E-state index >= 15 is 0 Å². The molecule has 2 aromatic rings. The lowest BCUT2D eigenvalue weighted by Gasteiger charge is -2.09. The molecule has 1 aromatic carbocycles. The van der Waals surface area contributed by atoms with Crippen LogP contribution in [0.3, 0.4) is 0 Å². The van der Waals surface area contributed by atoms with Gasteiger partial charge < -0.3 is 9.30 Å². The monoisotopic (exact) mass is 247 g/mol. The van der Waals surface area contributed by atoms with Crippen LogP contribution in [-0.4, -0.2) is 21.4 Å². The molecule has 1 aliphatic rings. The van der Waals surface area contributed by atoms with Crippen molar-refractivity contribution in [3.05, 3.63) is 40.4 Å². The van der Waals surface area contributed by atoms with Crippen molar-refractivity contribution >= 4 is 12.2 Å². The summed E-state index contributed by atoms with van der Waals surface area (Å²) in [7, 11) is 0. The number of hydrogen-bond acceptors (Lipinski definition) is 3. The Bertz CT molecular complexity index is 602. The van der Waals surface area contributed by atoms with Crippen LogP contribution in [0.15, 0.2) is 24.3 Å². The van der Waals surface area contributed by atoms with Crippen LogP contribution in [0.2, 0.25) is 0 Å². The van der Waals surface area contributed by atoms with E-state index < -0.39 is 0 Å². The Morgan fingerprint density at radius 2 is 2.35 bits per heavy atom. The molecule has 0 radical (unpaired) electrons. The summed E-state index contributed by atoms with van der Waals surface area (Å²) < 4.78 is 8.37. The maximum absolute atomic E-state index is 5.67. The van der Waals surface area contributed by atoms with E-state index in [-0.39, 0.29) is 5.92 Å². The second-order valence-corrected chi connectivity index (χ2v) is 4.42. The van der Waals surface area contributed by atoms with Crippen LogP contribution in [0.5, 0.6) is 5.75 Å². The zero-order valence-corrected chi connectivity index (χ0v) is 10.3. The average molecular weight is 247 g/mol. The third-order valence-corrected chi connectivity index (χ3v) is 3.43. The van der Waals surface area contributed by atoms with Crippen molar-refractivity contribution in [2.24, 2.45) is 0 Å². The molecule has 17 heavy (non-hydrogen) atoms. The number of para-hydroxylation sites is 1. The number of fused-ring (bicyclic) bond motifs is 1. The summed E-state index contributed by atoms with van der Waals surface area (Å²) in [6, 6.07) is 8.09. The van der Waals surface area contributed by atoms with Gasteiger partial charge in [0.15, 0.2) is 4.77 Å². The Morgan fingerprint density at radius 3 is 3.18 bits per heavy atom. The van der Waals surface area contributed by atoms with Crippen molar-refractivity contribution in [2.45, 2.75) is 19.4 Å². The molecule has 88 valence electrons. The Labute approximate surface area is 104 Å². The van der Waals surface area contributed by atoms with E-state index in [4.69, 9.17) is 17.0 Å². The lowest BCUT2D eigenvalue weighted by molar-refractivity contribution is 0.337. The van der Waals surface area contributed by atoms with Crippen LogP contribution in [0.25, 0.3) is 0 Å². The van der Waals surface area contributed by atoms with Crippen molar-refractivity contribution in [2.75, 3.05) is 6.61 Å².